The number of Topliss-reactive ketones (excluding diaryl/α,β-unsaturated/α-hetero) is 1. The molecule has 0 fully saturated rings. The van der Waals surface area contributed by atoms with Gasteiger partial charge in [-0.3, -0.25) is 4.79 Å². The number of carbonyl (C=O) groups is 1. The minimum absolute atomic E-state index is 0.148. The number of methoxy groups -OCH3 is 1. The molecule has 64 valence electrons. The molecule has 0 heterocycles. The van der Waals surface area contributed by atoms with Gasteiger partial charge < -0.3 is 4.74 Å². The van der Waals surface area contributed by atoms with E-state index in [9.17, 15) is 4.79 Å². The standard InChI is InChI=1S/C10H12O2/c1-8(11)7-9-3-5-10(12-2)6-4-9/h3-6H,7H2,1-2H3/i7D. The highest BCUT2D eigenvalue weighted by Gasteiger charge is 1.96. The third-order valence-corrected chi connectivity index (χ3v) is 1.49. The van der Waals surface area contributed by atoms with Gasteiger partial charge in [0.2, 0.25) is 0 Å². The third-order valence-electron chi connectivity index (χ3n) is 1.49. The Morgan fingerprint density at radius 2 is 2.08 bits per heavy atom. The summed E-state index contributed by atoms with van der Waals surface area (Å²) in [5.41, 5.74) is 0.702. The Balaban J connectivity index is 2.85. The van der Waals surface area contributed by atoms with Crippen molar-refractivity contribution in [2.45, 2.75) is 13.3 Å². The molecule has 1 rings (SSSR count). The van der Waals surface area contributed by atoms with E-state index in [1.165, 1.54) is 6.92 Å². The van der Waals surface area contributed by atoms with Crippen molar-refractivity contribution in [3.05, 3.63) is 29.8 Å². The summed E-state index contributed by atoms with van der Waals surface area (Å²) in [5.74, 6) is 0.588. The topological polar surface area (TPSA) is 26.3 Å². The molecule has 0 saturated heterocycles. The van der Waals surface area contributed by atoms with Crippen LogP contribution in [0.2, 0.25) is 0 Å². The summed E-state index contributed by atoms with van der Waals surface area (Å²) in [4.78, 5) is 10.9. The predicted molar refractivity (Wildman–Crippen MR) is 47.4 cm³/mol. The number of rotatable bonds is 3. The van der Waals surface area contributed by atoms with Crippen molar-refractivity contribution in [3.8, 4) is 5.75 Å². The Bertz CT molecular complexity index is 292. The Hall–Kier alpha value is -1.31. The van der Waals surface area contributed by atoms with E-state index in [1.54, 1.807) is 31.4 Å². The van der Waals surface area contributed by atoms with Crippen LogP contribution in [0, 0.1) is 0 Å². The van der Waals surface area contributed by atoms with Crippen molar-refractivity contribution in [2.24, 2.45) is 0 Å². The largest absolute Gasteiger partial charge is 0.497 e. The molecule has 0 N–H and O–H groups in total. The molecule has 0 spiro atoms. The zero-order valence-corrected chi connectivity index (χ0v) is 7.20. The van der Waals surface area contributed by atoms with Crippen molar-refractivity contribution in [3.63, 3.8) is 0 Å². The smallest absolute Gasteiger partial charge is 0.134 e. The molecule has 1 atom stereocenters. The molecule has 0 aliphatic rings. The van der Waals surface area contributed by atoms with Gasteiger partial charge in [0, 0.05) is 7.77 Å². The average Bonchev–Trinajstić information content (AvgIpc) is 2.17. The van der Waals surface area contributed by atoms with Gasteiger partial charge in [0.25, 0.3) is 0 Å². The maximum atomic E-state index is 10.9. The molecule has 0 amide bonds. The van der Waals surface area contributed by atoms with Crippen molar-refractivity contribution >= 4 is 5.78 Å². The zero-order chi connectivity index (χ0) is 9.84. The first-order chi connectivity index (χ1) is 6.15. The second kappa shape index (κ2) is 3.90. The normalized spacial score (nSPS) is 13.3. The van der Waals surface area contributed by atoms with Crippen LogP contribution in [0.1, 0.15) is 13.9 Å². The van der Waals surface area contributed by atoms with E-state index < -0.39 is 6.40 Å². The Morgan fingerprint density at radius 1 is 1.50 bits per heavy atom. The van der Waals surface area contributed by atoms with Crippen LogP contribution < -0.4 is 4.74 Å². The van der Waals surface area contributed by atoms with Crippen LogP contribution in [0.4, 0.5) is 0 Å². The van der Waals surface area contributed by atoms with Gasteiger partial charge in [-0.2, -0.15) is 0 Å². The van der Waals surface area contributed by atoms with Crippen molar-refractivity contribution in [1.82, 2.24) is 0 Å². The lowest BCUT2D eigenvalue weighted by Crippen LogP contribution is -1.95. The molecule has 0 aliphatic heterocycles. The molecule has 12 heavy (non-hydrogen) atoms. The third kappa shape index (κ3) is 2.38. The maximum absolute atomic E-state index is 10.9. The first-order valence-corrected chi connectivity index (χ1v) is 3.72. The first kappa shape index (κ1) is 7.35. The second-order valence-corrected chi connectivity index (χ2v) is 2.53. The van der Waals surface area contributed by atoms with Gasteiger partial charge in [0.15, 0.2) is 0 Å². The van der Waals surface area contributed by atoms with Crippen LogP contribution >= 0.6 is 0 Å². The van der Waals surface area contributed by atoms with E-state index in [-0.39, 0.29) is 5.78 Å². The van der Waals surface area contributed by atoms with Gasteiger partial charge in [-0.05, 0) is 24.6 Å². The average molecular weight is 165 g/mol. The number of benzene rings is 1. The van der Waals surface area contributed by atoms with E-state index in [1.807, 2.05) is 0 Å². The van der Waals surface area contributed by atoms with Crippen LogP contribution in [0.3, 0.4) is 0 Å². The monoisotopic (exact) mass is 165 g/mol. The van der Waals surface area contributed by atoms with E-state index in [0.717, 1.165) is 5.75 Å². The van der Waals surface area contributed by atoms with Gasteiger partial charge in [-0.15, -0.1) is 0 Å². The molecule has 1 aromatic carbocycles. The highest BCUT2D eigenvalue weighted by atomic mass is 16.5. The second-order valence-electron chi connectivity index (χ2n) is 2.53. The molecular formula is C10H12O2. The molecule has 0 radical (unpaired) electrons. The lowest BCUT2D eigenvalue weighted by atomic mass is 10.1. The molecule has 0 saturated carbocycles. The molecule has 0 bridgehead atoms. The quantitative estimate of drug-likeness (QED) is 0.683. The molecular weight excluding hydrogens is 152 g/mol. The molecule has 2 nitrogen and oxygen atoms in total. The number of ether oxygens (including phenoxy) is 1. The Kier molecular flexibility index (Phi) is 2.39. The summed E-state index contributed by atoms with van der Waals surface area (Å²) >= 11 is 0. The number of carbonyl (C=O) groups excluding carboxylic acids is 1. The van der Waals surface area contributed by atoms with E-state index in [2.05, 4.69) is 0 Å². The summed E-state index contributed by atoms with van der Waals surface area (Å²) in [7, 11) is 1.58. The minimum atomic E-state index is -0.772. The van der Waals surface area contributed by atoms with Crippen LogP contribution in [0.25, 0.3) is 0 Å². The molecule has 1 aromatic rings. The van der Waals surface area contributed by atoms with Crippen molar-refractivity contribution in [2.75, 3.05) is 7.11 Å². The van der Waals surface area contributed by atoms with Gasteiger partial charge >= 0.3 is 0 Å². The van der Waals surface area contributed by atoms with Crippen LogP contribution in [-0.2, 0) is 11.2 Å². The maximum Gasteiger partial charge on any atom is 0.134 e. The Morgan fingerprint density at radius 3 is 2.50 bits per heavy atom. The van der Waals surface area contributed by atoms with Gasteiger partial charge in [-0.1, -0.05) is 12.1 Å². The number of ketones is 1. The van der Waals surface area contributed by atoms with Crippen molar-refractivity contribution in [1.29, 1.82) is 0 Å². The first-order valence-electron chi connectivity index (χ1n) is 4.29. The summed E-state index contributed by atoms with van der Waals surface area (Å²) in [5, 5.41) is 0. The summed E-state index contributed by atoms with van der Waals surface area (Å²) in [6, 6.07) is 6.97. The van der Waals surface area contributed by atoms with Gasteiger partial charge in [-0.25, -0.2) is 0 Å². The highest BCUT2D eigenvalue weighted by molar-refractivity contribution is 5.78. The number of hydrogen-bond donors (Lipinski definition) is 0. The number of hydrogen-bond acceptors (Lipinski definition) is 2. The summed E-state index contributed by atoms with van der Waals surface area (Å²) in [6.45, 7) is 1.42. The Labute approximate surface area is 73.6 Å². The van der Waals surface area contributed by atoms with Gasteiger partial charge in [0.1, 0.15) is 11.5 Å². The molecule has 0 aliphatic carbocycles. The van der Waals surface area contributed by atoms with E-state index in [0.29, 0.717) is 5.56 Å². The lowest BCUT2D eigenvalue weighted by Gasteiger charge is -2.00. The van der Waals surface area contributed by atoms with E-state index in [4.69, 9.17) is 6.11 Å². The van der Waals surface area contributed by atoms with E-state index >= 15 is 0 Å². The fraction of sp³-hybridized carbons (Fsp3) is 0.300. The fourth-order valence-corrected chi connectivity index (χ4v) is 0.935. The highest BCUT2D eigenvalue weighted by Crippen LogP contribution is 2.11. The van der Waals surface area contributed by atoms with Crippen molar-refractivity contribution < 1.29 is 10.9 Å². The SMILES string of the molecule is [2H]C(C(C)=O)c1ccc(OC)cc1. The summed E-state index contributed by atoms with van der Waals surface area (Å²) in [6.07, 6.45) is -0.772. The zero-order valence-electron chi connectivity index (χ0n) is 8.20. The van der Waals surface area contributed by atoms with Gasteiger partial charge in [0.05, 0.1) is 7.11 Å². The van der Waals surface area contributed by atoms with Crippen LogP contribution in [0.15, 0.2) is 24.3 Å². The molecule has 2 heteroatoms. The molecule has 0 aromatic heterocycles. The fourth-order valence-electron chi connectivity index (χ4n) is 0.935. The lowest BCUT2D eigenvalue weighted by molar-refractivity contribution is -0.116. The molecule has 1 unspecified atom stereocenters. The van der Waals surface area contributed by atoms with Crippen LogP contribution in [0.5, 0.6) is 5.75 Å². The van der Waals surface area contributed by atoms with Crippen LogP contribution in [-0.4, -0.2) is 12.9 Å². The minimum Gasteiger partial charge on any atom is -0.497 e. The predicted octanol–water partition coefficient (Wildman–Crippen LogP) is 1.83. The summed E-state index contributed by atoms with van der Waals surface area (Å²) < 4.78 is 12.5.